The fourth-order valence-corrected chi connectivity index (χ4v) is 3.91. The van der Waals surface area contributed by atoms with Crippen LogP contribution in [0.2, 0.25) is 5.02 Å². The molecule has 5 nitrogen and oxygen atoms in total. The number of methoxy groups -OCH3 is 1. The van der Waals surface area contributed by atoms with Gasteiger partial charge in [0.05, 0.1) is 33.3 Å². The predicted octanol–water partition coefficient (Wildman–Crippen LogP) is 3.63. The summed E-state index contributed by atoms with van der Waals surface area (Å²) in [5.41, 5.74) is 0.826. The highest BCUT2D eigenvalue weighted by Gasteiger charge is 2.18. The number of hydrogen-bond donors (Lipinski definition) is 0. The standard InChI is InChI=1S/C16H14ClF2N3O2S/c1-24-15-10(7-12(18)19)8-20-16(21-15)22-6-5-9-3-4-11(17)14(13(9)22)25(2)23/h3-6,8,12H,7H2,1-2H3. The quantitative estimate of drug-likeness (QED) is 0.673. The van der Waals surface area contributed by atoms with E-state index in [0.29, 0.717) is 15.4 Å². The van der Waals surface area contributed by atoms with E-state index in [2.05, 4.69) is 9.97 Å². The lowest BCUT2D eigenvalue weighted by Crippen LogP contribution is -2.07. The molecule has 0 N–H and O–H groups in total. The van der Waals surface area contributed by atoms with Crippen molar-refractivity contribution in [1.82, 2.24) is 14.5 Å². The molecule has 0 radical (unpaired) electrons. The molecule has 0 saturated heterocycles. The molecule has 0 bridgehead atoms. The summed E-state index contributed by atoms with van der Waals surface area (Å²) < 4.78 is 44.1. The van der Waals surface area contributed by atoms with Crippen molar-refractivity contribution in [2.24, 2.45) is 0 Å². The Kier molecular flexibility index (Phi) is 5.01. The summed E-state index contributed by atoms with van der Waals surface area (Å²) in [4.78, 5) is 8.84. The minimum absolute atomic E-state index is 0.0772. The molecule has 3 aromatic rings. The highest BCUT2D eigenvalue weighted by molar-refractivity contribution is 7.84. The van der Waals surface area contributed by atoms with E-state index < -0.39 is 23.6 Å². The summed E-state index contributed by atoms with van der Waals surface area (Å²) in [7, 11) is 0.0237. The van der Waals surface area contributed by atoms with E-state index in [0.717, 1.165) is 5.39 Å². The van der Waals surface area contributed by atoms with E-state index in [1.165, 1.54) is 19.6 Å². The van der Waals surface area contributed by atoms with E-state index in [1.54, 1.807) is 22.9 Å². The molecule has 25 heavy (non-hydrogen) atoms. The number of nitrogens with zero attached hydrogens (tertiary/aromatic N) is 3. The Morgan fingerprint density at radius 3 is 2.76 bits per heavy atom. The van der Waals surface area contributed by atoms with Gasteiger partial charge in [0.15, 0.2) is 0 Å². The molecule has 1 unspecified atom stereocenters. The first-order valence-corrected chi connectivity index (χ1v) is 9.17. The minimum atomic E-state index is -2.52. The van der Waals surface area contributed by atoms with Crippen LogP contribution in [-0.4, -0.2) is 38.5 Å². The maximum absolute atomic E-state index is 12.6. The van der Waals surface area contributed by atoms with Crippen LogP contribution in [0.15, 0.2) is 35.5 Å². The van der Waals surface area contributed by atoms with Crippen LogP contribution in [-0.2, 0) is 17.2 Å². The fraction of sp³-hybridized carbons (Fsp3) is 0.250. The van der Waals surface area contributed by atoms with Crippen LogP contribution in [0.3, 0.4) is 0 Å². The molecule has 0 aliphatic heterocycles. The zero-order chi connectivity index (χ0) is 18.1. The summed E-state index contributed by atoms with van der Waals surface area (Å²) in [6, 6.07) is 5.29. The topological polar surface area (TPSA) is 57.0 Å². The molecule has 0 spiro atoms. The number of fused-ring (bicyclic) bond motifs is 1. The van der Waals surface area contributed by atoms with E-state index in [9.17, 15) is 13.0 Å². The Morgan fingerprint density at radius 2 is 2.12 bits per heavy atom. The van der Waals surface area contributed by atoms with Crippen LogP contribution in [0.25, 0.3) is 16.9 Å². The number of hydrogen-bond acceptors (Lipinski definition) is 4. The van der Waals surface area contributed by atoms with Crippen LogP contribution in [0.5, 0.6) is 5.88 Å². The van der Waals surface area contributed by atoms with E-state index in [4.69, 9.17) is 16.3 Å². The average molecular weight is 386 g/mol. The molecule has 0 aliphatic carbocycles. The van der Waals surface area contributed by atoms with E-state index >= 15 is 0 Å². The van der Waals surface area contributed by atoms with Crippen molar-refractivity contribution in [1.29, 1.82) is 0 Å². The van der Waals surface area contributed by atoms with Crippen LogP contribution in [0.4, 0.5) is 8.78 Å². The van der Waals surface area contributed by atoms with Gasteiger partial charge in [-0.3, -0.25) is 8.78 Å². The summed E-state index contributed by atoms with van der Waals surface area (Å²) in [5, 5.41) is 1.18. The highest BCUT2D eigenvalue weighted by atomic mass is 35.5. The summed E-state index contributed by atoms with van der Waals surface area (Å²) in [6.45, 7) is 0. The fourth-order valence-electron chi connectivity index (χ4n) is 2.60. The monoisotopic (exact) mass is 385 g/mol. The number of halogens is 3. The molecule has 2 aromatic heterocycles. The van der Waals surface area contributed by atoms with Crippen molar-refractivity contribution < 1.29 is 17.7 Å². The number of ether oxygens (including phenoxy) is 1. The number of alkyl halides is 2. The predicted molar refractivity (Wildman–Crippen MR) is 92.5 cm³/mol. The van der Waals surface area contributed by atoms with Crippen molar-refractivity contribution in [3.63, 3.8) is 0 Å². The second-order valence-corrected chi connectivity index (χ2v) is 6.98. The maximum atomic E-state index is 12.6. The van der Waals surface area contributed by atoms with E-state index in [1.807, 2.05) is 6.07 Å². The Balaban J connectivity index is 2.20. The van der Waals surface area contributed by atoms with Gasteiger partial charge in [0.1, 0.15) is 0 Å². The molecule has 1 aromatic carbocycles. The molecular weight excluding hydrogens is 372 g/mol. The van der Waals surface area contributed by atoms with Gasteiger partial charge in [-0.05, 0) is 12.1 Å². The lowest BCUT2D eigenvalue weighted by molar-refractivity contribution is 0.147. The summed E-state index contributed by atoms with van der Waals surface area (Å²) in [6.07, 6.45) is 1.53. The molecule has 0 fully saturated rings. The van der Waals surface area contributed by atoms with Gasteiger partial charge >= 0.3 is 0 Å². The SMILES string of the molecule is COc1nc(-n2ccc3ccc(Cl)c(S(C)=O)c32)ncc1CC(F)F. The molecular formula is C16H14ClF2N3O2S. The number of rotatable bonds is 5. The first-order chi connectivity index (χ1) is 11.9. The largest absolute Gasteiger partial charge is 0.481 e. The second-order valence-electron chi connectivity index (χ2n) is 5.25. The smallest absolute Gasteiger partial charge is 0.242 e. The van der Waals surface area contributed by atoms with E-state index in [-0.39, 0.29) is 17.4 Å². The van der Waals surface area contributed by atoms with Crippen LogP contribution >= 0.6 is 11.6 Å². The van der Waals surface area contributed by atoms with Gasteiger partial charge in [0.2, 0.25) is 18.3 Å². The van der Waals surface area contributed by atoms with Gasteiger partial charge in [-0.15, -0.1) is 0 Å². The first kappa shape index (κ1) is 17.8. The zero-order valence-corrected chi connectivity index (χ0v) is 14.9. The third-order valence-corrected chi connectivity index (χ3v) is 5.06. The molecule has 1 atom stereocenters. The van der Waals surface area contributed by atoms with Crippen molar-refractivity contribution in [3.8, 4) is 11.8 Å². The lowest BCUT2D eigenvalue weighted by Gasteiger charge is -2.11. The number of benzene rings is 1. The zero-order valence-electron chi connectivity index (χ0n) is 13.4. The number of aromatic nitrogens is 3. The van der Waals surface area contributed by atoms with Gasteiger partial charge in [-0.2, -0.15) is 4.98 Å². The Morgan fingerprint density at radius 1 is 1.36 bits per heavy atom. The van der Waals surface area contributed by atoms with Crippen molar-refractivity contribution in [2.75, 3.05) is 13.4 Å². The molecule has 0 amide bonds. The summed E-state index contributed by atoms with van der Waals surface area (Å²) >= 11 is 6.20. The molecule has 3 rings (SSSR count). The minimum Gasteiger partial charge on any atom is -0.481 e. The van der Waals surface area contributed by atoms with Crippen molar-refractivity contribution in [3.05, 3.63) is 41.2 Å². The Labute approximate surface area is 150 Å². The van der Waals surface area contributed by atoms with Crippen LogP contribution in [0.1, 0.15) is 5.56 Å². The highest BCUT2D eigenvalue weighted by Crippen LogP contribution is 2.31. The van der Waals surface area contributed by atoms with Gasteiger partial charge in [0, 0.05) is 36.0 Å². The third kappa shape index (κ3) is 3.36. The van der Waals surface area contributed by atoms with Gasteiger partial charge < -0.3 is 4.74 Å². The first-order valence-electron chi connectivity index (χ1n) is 7.23. The molecule has 2 heterocycles. The van der Waals surface area contributed by atoms with Gasteiger partial charge in [0.25, 0.3) is 0 Å². The van der Waals surface area contributed by atoms with Crippen molar-refractivity contribution in [2.45, 2.75) is 17.7 Å². The van der Waals surface area contributed by atoms with Gasteiger partial charge in [-0.1, -0.05) is 17.7 Å². The molecule has 9 heteroatoms. The van der Waals surface area contributed by atoms with Gasteiger partial charge in [-0.25, -0.2) is 13.8 Å². The lowest BCUT2D eigenvalue weighted by atomic mass is 10.2. The normalized spacial score (nSPS) is 12.7. The molecule has 132 valence electrons. The third-order valence-electron chi connectivity index (χ3n) is 3.64. The summed E-state index contributed by atoms with van der Waals surface area (Å²) in [5.74, 6) is 0.298. The molecule has 0 aliphatic rings. The second kappa shape index (κ2) is 7.05. The Bertz CT molecular complexity index is 962. The maximum Gasteiger partial charge on any atom is 0.242 e. The van der Waals surface area contributed by atoms with Crippen LogP contribution < -0.4 is 4.74 Å². The molecule has 0 saturated carbocycles. The van der Waals surface area contributed by atoms with Crippen molar-refractivity contribution >= 4 is 33.3 Å². The Hall–Kier alpha value is -2.06. The van der Waals surface area contributed by atoms with Crippen LogP contribution in [0, 0.1) is 0 Å². The average Bonchev–Trinajstić information content (AvgIpc) is 2.98.